The summed E-state index contributed by atoms with van der Waals surface area (Å²) in [5.41, 5.74) is 1.14. The molecule has 0 saturated carbocycles. The van der Waals surface area contributed by atoms with Crippen molar-refractivity contribution in [2.24, 2.45) is 0 Å². The predicted molar refractivity (Wildman–Crippen MR) is 134 cm³/mol. The van der Waals surface area contributed by atoms with E-state index in [0.717, 1.165) is 16.2 Å². The van der Waals surface area contributed by atoms with Crippen molar-refractivity contribution < 1.29 is 23.9 Å². The molecule has 1 heterocycles. The van der Waals surface area contributed by atoms with Gasteiger partial charge >= 0.3 is 12.1 Å². The number of hydrogen-bond acceptors (Lipinski definition) is 5. The molecule has 0 unspecified atom stereocenters. The Morgan fingerprint density at radius 1 is 0.943 bits per heavy atom. The van der Waals surface area contributed by atoms with Gasteiger partial charge in [0.15, 0.2) is 0 Å². The monoisotopic (exact) mass is 472 g/mol. The zero-order valence-electron chi connectivity index (χ0n) is 20.2. The molecule has 3 aromatic carbocycles. The lowest BCUT2D eigenvalue weighted by Crippen LogP contribution is -2.43. The van der Waals surface area contributed by atoms with E-state index in [1.165, 1.54) is 11.7 Å². The standard InChI is InChI=1S/C28H28N2O5/c1-28(2,3)35-27(33)30-17-21(22-11-7-8-12-24(22)30)16-23(26(32)34-4)29-25(31)20-14-13-18-9-5-6-10-19(18)15-20/h5-15,17,23H,16H2,1-4H3,(H,29,31)/t23-/m1/s1. The third-order valence-corrected chi connectivity index (χ3v) is 5.61. The lowest BCUT2D eigenvalue weighted by molar-refractivity contribution is -0.142. The van der Waals surface area contributed by atoms with Crippen molar-refractivity contribution >= 4 is 39.6 Å². The molecule has 0 spiro atoms. The van der Waals surface area contributed by atoms with E-state index >= 15 is 0 Å². The minimum Gasteiger partial charge on any atom is -0.467 e. The summed E-state index contributed by atoms with van der Waals surface area (Å²) >= 11 is 0. The Kier molecular flexibility index (Phi) is 6.60. The molecule has 0 aliphatic rings. The highest BCUT2D eigenvalue weighted by molar-refractivity contribution is 6.00. The molecule has 0 fully saturated rings. The summed E-state index contributed by atoms with van der Waals surface area (Å²) in [7, 11) is 1.28. The van der Waals surface area contributed by atoms with Crippen LogP contribution in [0.4, 0.5) is 4.79 Å². The van der Waals surface area contributed by atoms with E-state index in [1.807, 2.05) is 54.6 Å². The molecule has 7 nitrogen and oxygen atoms in total. The van der Waals surface area contributed by atoms with Gasteiger partial charge in [-0.3, -0.25) is 9.36 Å². The molecule has 1 N–H and O–H groups in total. The van der Waals surface area contributed by atoms with Gasteiger partial charge in [0, 0.05) is 23.6 Å². The van der Waals surface area contributed by atoms with Crippen LogP contribution in [0.3, 0.4) is 0 Å². The summed E-state index contributed by atoms with van der Waals surface area (Å²) in [5.74, 6) is -0.963. The number of methoxy groups -OCH3 is 1. The second-order valence-electron chi connectivity index (χ2n) is 9.34. The van der Waals surface area contributed by atoms with Gasteiger partial charge in [0.05, 0.1) is 12.6 Å². The molecule has 0 aliphatic heterocycles. The van der Waals surface area contributed by atoms with E-state index in [9.17, 15) is 14.4 Å². The highest BCUT2D eigenvalue weighted by Crippen LogP contribution is 2.24. The molecule has 0 aliphatic carbocycles. The van der Waals surface area contributed by atoms with Crippen molar-refractivity contribution in [1.82, 2.24) is 9.88 Å². The largest absolute Gasteiger partial charge is 0.467 e. The van der Waals surface area contributed by atoms with Crippen molar-refractivity contribution in [2.75, 3.05) is 7.11 Å². The Bertz CT molecular complexity index is 1410. The summed E-state index contributed by atoms with van der Waals surface area (Å²) in [6, 6.07) is 19.5. The molecule has 7 heteroatoms. The molecule has 0 saturated heterocycles. The summed E-state index contributed by atoms with van der Waals surface area (Å²) in [6.45, 7) is 5.40. The molecular weight excluding hydrogens is 444 g/mol. The smallest absolute Gasteiger partial charge is 0.419 e. The lowest BCUT2D eigenvalue weighted by atomic mass is 10.0. The van der Waals surface area contributed by atoms with E-state index in [1.54, 1.807) is 39.1 Å². The maximum Gasteiger partial charge on any atom is 0.419 e. The average molecular weight is 473 g/mol. The van der Waals surface area contributed by atoms with Crippen LogP contribution in [0.25, 0.3) is 21.7 Å². The third kappa shape index (κ3) is 5.35. The van der Waals surface area contributed by atoms with Gasteiger partial charge in [0.25, 0.3) is 5.91 Å². The molecule has 4 aromatic rings. The maximum absolute atomic E-state index is 13.0. The molecule has 0 radical (unpaired) electrons. The first-order valence-electron chi connectivity index (χ1n) is 11.4. The van der Waals surface area contributed by atoms with Crippen LogP contribution in [0.2, 0.25) is 0 Å². The van der Waals surface area contributed by atoms with E-state index < -0.39 is 23.7 Å². The first-order chi connectivity index (χ1) is 16.7. The van der Waals surface area contributed by atoms with E-state index in [2.05, 4.69) is 5.32 Å². The highest BCUT2D eigenvalue weighted by Gasteiger charge is 2.26. The number of hydrogen-bond donors (Lipinski definition) is 1. The fourth-order valence-electron chi connectivity index (χ4n) is 4.00. The van der Waals surface area contributed by atoms with Crippen LogP contribution in [-0.4, -0.2) is 41.3 Å². The molecular formula is C28H28N2O5. The van der Waals surface area contributed by atoms with Crippen molar-refractivity contribution in [3.63, 3.8) is 0 Å². The van der Waals surface area contributed by atoms with Crippen LogP contribution in [0.1, 0.15) is 36.7 Å². The molecule has 1 aromatic heterocycles. The molecule has 4 rings (SSSR count). The lowest BCUT2D eigenvalue weighted by Gasteiger charge is -2.19. The second-order valence-corrected chi connectivity index (χ2v) is 9.34. The number of carbonyl (C=O) groups is 3. The van der Waals surface area contributed by atoms with E-state index in [-0.39, 0.29) is 12.3 Å². The molecule has 180 valence electrons. The van der Waals surface area contributed by atoms with Gasteiger partial charge in [-0.1, -0.05) is 48.5 Å². The second kappa shape index (κ2) is 9.62. The maximum atomic E-state index is 13.0. The van der Waals surface area contributed by atoms with Gasteiger partial charge in [-0.05, 0) is 55.3 Å². The van der Waals surface area contributed by atoms with Gasteiger partial charge in [-0.15, -0.1) is 0 Å². The zero-order valence-corrected chi connectivity index (χ0v) is 20.2. The molecule has 0 bridgehead atoms. The number of fused-ring (bicyclic) bond motifs is 2. The Morgan fingerprint density at radius 3 is 2.34 bits per heavy atom. The highest BCUT2D eigenvalue weighted by atomic mass is 16.6. The normalized spacial score (nSPS) is 12.3. The minimum atomic E-state index is -0.947. The summed E-state index contributed by atoms with van der Waals surface area (Å²) in [5, 5.41) is 5.53. The van der Waals surface area contributed by atoms with Crippen molar-refractivity contribution in [3.05, 3.63) is 84.1 Å². The third-order valence-electron chi connectivity index (χ3n) is 5.61. The average Bonchev–Trinajstić information content (AvgIpc) is 3.20. The summed E-state index contributed by atoms with van der Waals surface area (Å²) in [4.78, 5) is 38.5. The van der Waals surface area contributed by atoms with Gasteiger partial charge in [0.2, 0.25) is 0 Å². The van der Waals surface area contributed by atoms with Crippen molar-refractivity contribution in [3.8, 4) is 0 Å². The Hall–Kier alpha value is -4.13. The number of carbonyl (C=O) groups excluding carboxylic acids is 3. The van der Waals surface area contributed by atoms with Crippen LogP contribution < -0.4 is 5.32 Å². The fourth-order valence-corrected chi connectivity index (χ4v) is 4.00. The van der Waals surface area contributed by atoms with Gasteiger partial charge in [-0.2, -0.15) is 0 Å². The number of nitrogens with one attached hydrogen (secondary N) is 1. The number of rotatable bonds is 5. The van der Waals surface area contributed by atoms with Gasteiger partial charge in [0.1, 0.15) is 11.6 Å². The number of aromatic nitrogens is 1. The van der Waals surface area contributed by atoms with Crippen molar-refractivity contribution in [1.29, 1.82) is 0 Å². The molecule has 35 heavy (non-hydrogen) atoms. The number of esters is 1. The van der Waals surface area contributed by atoms with Crippen LogP contribution in [0.5, 0.6) is 0 Å². The van der Waals surface area contributed by atoms with Crippen LogP contribution in [0, 0.1) is 0 Å². The molecule has 1 amide bonds. The zero-order chi connectivity index (χ0) is 25.2. The first kappa shape index (κ1) is 24.0. The number of amides is 1. The SMILES string of the molecule is COC(=O)[C@@H](Cc1cn(C(=O)OC(C)(C)C)c2ccccc12)NC(=O)c1ccc2ccccc2c1. The summed E-state index contributed by atoms with van der Waals surface area (Å²) < 4.78 is 11.9. The van der Waals surface area contributed by atoms with Gasteiger partial charge in [-0.25, -0.2) is 9.59 Å². The molecule has 1 atom stereocenters. The summed E-state index contributed by atoms with van der Waals surface area (Å²) in [6.07, 6.45) is 1.27. The number of nitrogens with zero attached hydrogens (tertiary/aromatic N) is 1. The van der Waals surface area contributed by atoms with Crippen LogP contribution in [0.15, 0.2) is 72.9 Å². The van der Waals surface area contributed by atoms with E-state index in [4.69, 9.17) is 9.47 Å². The van der Waals surface area contributed by atoms with Crippen molar-refractivity contribution in [2.45, 2.75) is 38.8 Å². The minimum absolute atomic E-state index is 0.141. The predicted octanol–water partition coefficient (Wildman–Crippen LogP) is 5.09. The first-order valence-corrected chi connectivity index (χ1v) is 11.4. The number of benzene rings is 3. The van der Waals surface area contributed by atoms with Crippen LogP contribution in [-0.2, 0) is 20.7 Å². The Morgan fingerprint density at radius 2 is 1.63 bits per heavy atom. The Balaban J connectivity index is 1.63. The fraction of sp³-hybridized carbons (Fsp3) is 0.250. The Labute approximate surface area is 203 Å². The van der Waals surface area contributed by atoms with Crippen LogP contribution >= 0.6 is 0 Å². The number of para-hydroxylation sites is 1. The number of ether oxygens (including phenoxy) is 2. The topological polar surface area (TPSA) is 86.6 Å². The van der Waals surface area contributed by atoms with E-state index in [0.29, 0.717) is 16.6 Å². The quantitative estimate of drug-likeness (QED) is 0.409. The van der Waals surface area contributed by atoms with Gasteiger partial charge < -0.3 is 14.8 Å².